The van der Waals surface area contributed by atoms with E-state index in [1.54, 1.807) is 0 Å². The molecular weight excluding hydrogens is 556 g/mol. The molecule has 2 heteroatoms. The first kappa shape index (κ1) is 29.9. The van der Waals surface area contributed by atoms with E-state index in [0.29, 0.717) is 0 Å². The topological polar surface area (TPSA) is 24.7 Å². The number of aryl methyl sites for hydroxylation is 6. The first-order valence-electron chi connectivity index (χ1n) is 16.9. The van der Waals surface area contributed by atoms with Crippen LogP contribution in [0.15, 0.2) is 107 Å². The molecule has 0 unspecified atom stereocenters. The molecule has 46 heavy (non-hydrogen) atoms. The second kappa shape index (κ2) is 12.2. The van der Waals surface area contributed by atoms with Gasteiger partial charge < -0.3 is 0 Å². The quantitative estimate of drug-likeness (QED) is 0.175. The average Bonchev–Trinajstić information content (AvgIpc) is 3.38. The molecule has 0 saturated heterocycles. The fourth-order valence-electron chi connectivity index (χ4n) is 7.44. The van der Waals surface area contributed by atoms with Gasteiger partial charge in [-0.2, -0.15) is 0 Å². The van der Waals surface area contributed by atoms with Crippen molar-refractivity contribution < 1.29 is 0 Å². The highest BCUT2D eigenvalue weighted by Gasteiger charge is 2.30. The van der Waals surface area contributed by atoms with Gasteiger partial charge in [-0.25, -0.2) is 9.98 Å². The molecule has 1 aliphatic carbocycles. The minimum Gasteiger partial charge on any atom is -0.246 e. The van der Waals surface area contributed by atoms with Gasteiger partial charge in [0.15, 0.2) is 0 Å². The highest BCUT2D eigenvalue weighted by molar-refractivity contribution is 6.61. The largest absolute Gasteiger partial charge is 0.246 e. The van der Waals surface area contributed by atoms with E-state index in [1.807, 2.05) is 0 Å². The summed E-state index contributed by atoms with van der Waals surface area (Å²) in [6.45, 7) is 13.3. The number of rotatable bonds is 7. The van der Waals surface area contributed by atoms with Crippen molar-refractivity contribution in [3.05, 3.63) is 142 Å². The Kier molecular flexibility index (Phi) is 7.90. The molecule has 0 spiro atoms. The molecule has 0 N–H and O–H groups in total. The Morgan fingerprint density at radius 1 is 0.435 bits per heavy atom. The van der Waals surface area contributed by atoms with Crippen molar-refractivity contribution in [2.24, 2.45) is 9.98 Å². The lowest BCUT2D eigenvalue weighted by atomic mass is 9.92. The third-order valence-corrected chi connectivity index (χ3v) is 9.65. The fraction of sp³-hybridized carbons (Fsp3) is 0.227. The van der Waals surface area contributed by atoms with E-state index < -0.39 is 0 Å². The second-order valence-corrected chi connectivity index (χ2v) is 12.6. The molecule has 0 saturated carbocycles. The maximum Gasteiger partial charge on any atom is 0.0979 e. The van der Waals surface area contributed by atoms with E-state index >= 15 is 0 Å². The van der Waals surface area contributed by atoms with E-state index in [0.717, 1.165) is 48.5 Å². The number of aliphatic imine (C=N–C) groups is 2. The molecular formula is C44H42N2. The smallest absolute Gasteiger partial charge is 0.0979 e. The fourth-order valence-corrected chi connectivity index (χ4v) is 7.44. The molecule has 6 aromatic carbocycles. The van der Waals surface area contributed by atoms with Crippen molar-refractivity contribution >= 4 is 44.3 Å². The molecule has 0 atom stereocenters. The normalized spacial score (nSPS) is 14.3. The van der Waals surface area contributed by atoms with Crippen molar-refractivity contribution in [1.82, 2.24) is 0 Å². The Balaban J connectivity index is 1.57. The maximum atomic E-state index is 5.62. The van der Waals surface area contributed by atoms with Gasteiger partial charge in [-0.1, -0.05) is 136 Å². The molecule has 0 fully saturated rings. The van der Waals surface area contributed by atoms with Crippen LogP contribution >= 0.6 is 0 Å². The van der Waals surface area contributed by atoms with Gasteiger partial charge in [0, 0.05) is 16.5 Å². The van der Waals surface area contributed by atoms with Crippen LogP contribution in [0, 0.1) is 13.8 Å². The molecule has 0 bridgehead atoms. The highest BCUT2D eigenvalue weighted by atomic mass is 14.8. The van der Waals surface area contributed by atoms with E-state index in [-0.39, 0.29) is 0 Å². The third-order valence-electron chi connectivity index (χ3n) is 9.65. The van der Waals surface area contributed by atoms with Gasteiger partial charge in [0.05, 0.1) is 22.8 Å². The highest BCUT2D eigenvalue weighted by Crippen LogP contribution is 2.42. The lowest BCUT2D eigenvalue weighted by molar-refractivity contribution is 1.07. The van der Waals surface area contributed by atoms with Crippen LogP contribution in [0.5, 0.6) is 0 Å². The first-order valence-corrected chi connectivity index (χ1v) is 16.9. The van der Waals surface area contributed by atoms with Crippen LogP contribution in [0.3, 0.4) is 0 Å². The van der Waals surface area contributed by atoms with Crippen molar-refractivity contribution in [3.63, 3.8) is 0 Å². The van der Waals surface area contributed by atoms with Crippen LogP contribution in [-0.2, 0) is 25.7 Å². The van der Waals surface area contributed by atoms with Crippen molar-refractivity contribution in [2.75, 3.05) is 0 Å². The van der Waals surface area contributed by atoms with E-state index in [1.165, 1.54) is 77.2 Å². The Morgan fingerprint density at radius 2 is 0.848 bits per heavy atom. The molecule has 0 amide bonds. The monoisotopic (exact) mass is 598 g/mol. The minimum absolute atomic E-state index is 0.938. The van der Waals surface area contributed by atoms with Gasteiger partial charge in [-0.3, -0.25) is 0 Å². The lowest BCUT2D eigenvalue weighted by Crippen LogP contribution is -2.11. The molecule has 7 rings (SSSR count). The van der Waals surface area contributed by atoms with E-state index in [9.17, 15) is 0 Å². The summed E-state index contributed by atoms with van der Waals surface area (Å²) in [5.41, 5.74) is 16.8. The molecule has 0 radical (unpaired) electrons. The van der Waals surface area contributed by atoms with Gasteiger partial charge in [0.1, 0.15) is 0 Å². The van der Waals surface area contributed by atoms with Gasteiger partial charge in [0.25, 0.3) is 0 Å². The summed E-state index contributed by atoms with van der Waals surface area (Å²) < 4.78 is 0. The van der Waals surface area contributed by atoms with E-state index in [4.69, 9.17) is 9.98 Å². The summed E-state index contributed by atoms with van der Waals surface area (Å²) in [7, 11) is 0. The number of hydrogen-bond acceptors (Lipinski definition) is 2. The summed E-state index contributed by atoms with van der Waals surface area (Å²) in [6, 6.07) is 35.9. The predicted octanol–water partition coefficient (Wildman–Crippen LogP) is 11.8. The molecule has 0 aromatic heterocycles. The number of nitrogens with zero attached hydrogens (tertiary/aromatic N) is 2. The SMILES string of the molecule is CCc1cc(C)cc(CC)c1N=C1C(=Nc2c(CC)cc(C)cc2CC)c2ccc(-c3cccc4ccccc34)c3cccc1c23. The Labute approximate surface area is 273 Å². The van der Waals surface area contributed by atoms with Gasteiger partial charge in [-0.05, 0) is 89.1 Å². The van der Waals surface area contributed by atoms with Gasteiger partial charge in [-0.15, -0.1) is 0 Å². The zero-order valence-corrected chi connectivity index (χ0v) is 28.0. The molecule has 1 aliphatic rings. The van der Waals surface area contributed by atoms with Crippen molar-refractivity contribution in [1.29, 1.82) is 0 Å². The van der Waals surface area contributed by atoms with Crippen LogP contribution < -0.4 is 0 Å². The summed E-state index contributed by atoms with van der Waals surface area (Å²) >= 11 is 0. The van der Waals surface area contributed by atoms with Crippen LogP contribution in [0.1, 0.15) is 72.2 Å². The molecule has 6 aromatic rings. The Hall–Kier alpha value is -4.82. The zero-order valence-electron chi connectivity index (χ0n) is 28.0. The second-order valence-electron chi connectivity index (χ2n) is 12.6. The van der Waals surface area contributed by atoms with Crippen LogP contribution in [0.25, 0.3) is 32.7 Å². The number of hydrogen-bond donors (Lipinski definition) is 0. The Bertz CT molecular complexity index is 2070. The van der Waals surface area contributed by atoms with Gasteiger partial charge in [0.2, 0.25) is 0 Å². The maximum absolute atomic E-state index is 5.62. The molecule has 0 heterocycles. The predicted molar refractivity (Wildman–Crippen MR) is 199 cm³/mol. The molecule has 2 nitrogen and oxygen atoms in total. The van der Waals surface area contributed by atoms with E-state index in [2.05, 4.69) is 139 Å². The van der Waals surface area contributed by atoms with Crippen LogP contribution in [-0.4, -0.2) is 11.4 Å². The Morgan fingerprint density at radius 3 is 1.41 bits per heavy atom. The average molecular weight is 599 g/mol. The van der Waals surface area contributed by atoms with Crippen molar-refractivity contribution in [3.8, 4) is 11.1 Å². The number of fused-ring (bicyclic) bond motifs is 1. The standard InChI is InChI=1S/C44H42N2/c1-7-29-23-27(5)24-30(8-2)41(29)45-43-38-20-14-19-37-36(35-18-13-16-33-15-11-12-17-34(33)35)21-22-39(40(37)38)44(43)46-42-31(9-3)25-28(6)26-32(42)10-4/h11-26H,7-10H2,1-6H3. The summed E-state index contributed by atoms with van der Waals surface area (Å²) in [5, 5.41) is 5.02. The minimum atomic E-state index is 0.938. The summed E-state index contributed by atoms with van der Waals surface area (Å²) in [6.07, 6.45) is 3.75. The molecule has 0 aliphatic heterocycles. The molecule has 228 valence electrons. The first-order chi connectivity index (χ1) is 22.4. The van der Waals surface area contributed by atoms with Crippen LogP contribution in [0.2, 0.25) is 0 Å². The lowest BCUT2D eigenvalue weighted by Gasteiger charge is -2.14. The number of benzene rings is 6. The third kappa shape index (κ3) is 4.97. The summed E-state index contributed by atoms with van der Waals surface area (Å²) in [5.74, 6) is 0. The zero-order chi connectivity index (χ0) is 31.9. The van der Waals surface area contributed by atoms with Crippen molar-refractivity contribution in [2.45, 2.75) is 67.2 Å². The van der Waals surface area contributed by atoms with Crippen LogP contribution in [0.4, 0.5) is 11.4 Å². The summed E-state index contributed by atoms with van der Waals surface area (Å²) in [4.78, 5) is 11.2. The van der Waals surface area contributed by atoms with Gasteiger partial charge >= 0.3 is 0 Å².